The zero-order valence-electron chi connectivity index (χ0n) is 11.8. The van der Waals surface area contributed by atoms with E-state index in [1.807, 2.05) is 0 Å². The summed E-state index contributed by atoms with van der Waals surface area (Å²) in [6.07, 6.45) is 5.88. The van der Waals surface area contributed by atoms with Crippen molar-refractivity contribution in [3.8, 4) is 0 Å². The number of nitrogens with one attached hydrogen (secondary N) is 1. The van der Waals surface area contributed by atoms with Crippen molar-refractivity contribution in [2.45, 2.75) is 60.0 Å². The van der Waals surface area contributed by atoms with Crippen LogP contribution in [0.3, 0.4) is 0 Å². The standard InChI is InChI=1S/C14H27N3/c1-5-8-15-10-14-11-17(16-13(14)4)9-6-7-12(2)3/h11-12,15H,5-10H2,1-4H3. The minimum atomic E-state index is 0.789. The molecule has 0 bridgehead atoms. The van der Waals surface area contributed by atoms with E-state index in [2.05, 4.69) is 49.0 Å². The molecular weight excluding hydrogens is 210 g/mol. The minimum absolute atomic E-state index is 0.789. The summed E-state index contributed by atoms with van der Waals surface area (Å²) in [6, 6.07) is 0. The van der Waals surface area contributed by atoms with E-state index >= 15 is 0 Å². The van der Waals surface area contributed by atoms with E-state index in [-0.39, 0.29) is 0 Å². The molecule has 0 saturated heterocycles. The molecule has 0 aliphatic carbocycles. The predicted octanol–water partition coefficient (Wildman–Crippen LogP) is 3.13. The van der Waals surface area contributed by atoms with Gasteiger partial charge in [0.05, 0.1) is 5.69 Å². The molecule has 0 atom stereocenters. The summed E-state index contributed by atoms with van der Waals surface area (Å²) >= 11 is 0. The Morgan fingerprint density at radius 2 is 2.18 bits per heavy atom. The van der Waals surface area contributed by atoms with Gasteiger partial charge in [-0.2, -0.15) is 5.10 Å². The lowest BCUT2D eigenvalue weighted by molar-refractivity contribution is 0.488. The Balaban J connectivity index is 2.38. The third kappa shape index (κ3) is 5.35. The van der Waals surface area contributed by atoms with E-state index in [0.29, 0.717) is 0 Å². The number of aryl methyl sites for hydroxylation is 2. The first-order valence-corrected chi connectivity index (χ1v) is 6.87. The van der Waals surface area contributed by atoms with E-state index in [4.69, 9.17) is 0 Å². The fraction of sp³-hybridized carbons (Fsp3) is 0.786. The number of hydrogen-bond acceptors (Lipinski definition) is 2. The lowest BCUT2D eigenvalue weighted by atomic mass is 10.1. The zero-order chi connectivity index (χ0) is 12.7. The first-order valence-electron chi connectivity index (χ1n) is 6.87. The summed E-state index contributed by atoms with van der Waals surface area (Å²) in [6.45, 7) is 11.9. The zero-order valence-corrected chi connectivity index (χ0v) is 11.8. The topological polar surface area (TPSA) is 29.9 Å². The second-order valence-electron chi connectivity index (χ2n) is 5.22. The Morgan fingerprint density at radius 1 is 1.41 bits per heavy atom. The highest BCUT2D eigenvalue weighted by atomic mass is 15.3. The Bertz CT molecular complexity index is 315. The first-order chi connectivity index (χ1) is 8.13. The summed E-state index contributed by atoms with van der Waals surface area (Å²) < 4.78 is 2.10. The van der Waals surface area contributed by atoms with E-state index < -0.39 is 0 Å². The van der Waals surface area contributed by atoms with Crippen molar-refractivity contribution in [2.75, 3.05) is 6.54 Å². The average Bonchev–Trinajstić information content (AvgIpc) is 2.59. The lowest BCUT2D eigenvalue weighted by Crippen LogP contribution is -2.13. The highest BCUT2D eigenvalue weighted by molar-refractivity contribution is 5.14. The number of nitrogens with zero attached hydrogens (tertiary/aromatic N) is 2. The van der Waals surface area contributed by atoms with Crippen LogP contribution in [-0.4, -0.2) is 16.3 Å². The normalized spacial score (nSPS) is 11.4. The van der Waals surface area contributed by atoms with Crippen LogP contribution >= 0.6 is 0 Å². The van der Waals surface area contributed by atoms with Crippen LogP contribution in [0.1, 0.15) is 51.3 Å². The summed E-state index contributed by atoms with van der Waals surface area (Å²) in [4.78, 5) is 0. The molecule has 0 saturated carbocycles. The van der Waals surface area contributed by atoms with Crippen molar-refractivity contribution in [1.82, 2.24) is 15.1 Å². The fourth-order valence-electron chi connectivity index (χ4n) is 1.91. The van der Waals surface area contributed by atoms with Gasteiger partial charge in [0, 0.05) is 24.8 Å². The SMILES string of the molecule is CCCNCc1cn(CCCC(C)C)nc1C. The molecule has 3 heteroatoms. The van der Waals surface area contributed by atoms with Crippen molar-refractivity contribution in [1.29, 1.82) is 0 Å². The van der Waals surface area contributed by atoms with Gasteiger partial charge in [0.1, 0.15) is 0 Å². The molecule has 0 radical (unpaired) electrons. The van der Waals surface area contributed by atoms with Gasteiger partial charge in [0.25, 0.3) is 0 Å². The number of hydrogen-bond donors (Lipinski definition) is 1. The Kier molecular flexibility index (Phi) is 6.27. The van der Waals surface area contributed by atoms with Crippen LogP contribution in [0, 0.1) is 12.8 Å². The first kappa shape index (κ1) is 14.2. The summed E-state index contributed by atoms with van der Waals surface area (Å²) in [5.41, 5.74) is 2.50. The second kappa shape index (κ2) is 7.49. The van der Waals surface area contributed by atoms with Gasteiger partial charge in [-0.15, -0.1) is 0 Å². The van der Waals surface area contributed by atoms with Gasteiger partial charge >= 0.3 is 0 Å². The molecule has 1 aromatic heterocycles. The van der Waals surface area contributed by atoms with E-state index in [9.17, 15) is 0 Å². The molecule has 0 aliphatic heterocycles. The smallest absolute Gasteiger partial charge is 0.0638 e. The second-order valence-corrected chi connectivity index (χ2v) is 5.22. The molecule has 3 nitrogen and oxygen atoms in total. The number of rotatable bonds is 8. The van der Waals surface area contributed by atoms with Crippen LogP contribution in [0.15, 0.2) is 6.20 Å². The van der Waals surface area contributed by atoms with Gasteiger partial charge in [0.15, 0.2) is 0 Å². The quantitative estimate of drug-likeness (QED) is 0.704. The van der Waals surface area contributed by atoms with Gasteiger partial charge in [-0.1, -0.05) is 20.8 Å². The van der Waals surface area contributed by atoms with Crippen LogP contribution < -0.4 is 5.32 Å². The van der Waals surface area contributed by atoms with E-state index in [1.54, 1.807) is 0 Å². The van der Waals surface area contributed by atoms with Gasteiger partial charge in [0.2, 0.25) is 0 Å². The molecule has 0 aromatic carbocycles. The third-order valence-corrected chi connectivity index (χ3v) is 2.96. The van der Waals surface area contributed by atoms with Crippen LogP contribution in [-0.2, 0) is 13.1 Å². The molecule has 0 unspecified atom stereocenters. The third-order valence-electron chi connectivity index (χ3n) is 2.96. The monoisotopic (exact) mass is 237 g/mol. The number of aromatic nitrogens is 2. The van der Waals surface area contributed by atoms with Crippen LogP contribution in [0.5, 0.6) is 0 Å². The van der Waals surface area contributed by atoms with Crippen molar-refractivity contribution in [3.05, 3.63) is 17.5 Å². The molecule has 0 aliphatic rings. The Morgan fingerprint density at radius 3 is 2.82 bits per heavy atom. The molecule has 1 aromatic rings. The van der Waals surface area contributed by atoms with Crippen molar-refractivity contribution in [2.24, 2.45) is 5.92 Å². The summed E-state index contributed by atoms with van der Waals surface area (Å²) in [5.74, 6) is 0.789. The maximum Gasteiger partial charge on any atom is 0.0638 e. The lowest BCUT2D eigenvalue weighted by Gasteiger charge is -2.04. The maximum atomic E-state index is 4.56. The van der Waals surface area contributed by atoms with Gasteiger partial charge in [-0.3, -0.25) is 4.68 Å². The van der Waals surface area contributed by atoms with E-state index in [0.717, 1.165) is 31.2 Å². The van der Waals surface area contributed by atoms with Crippen molar-refractivity contribution in [3.63, 3.8) is 0 Å². The predicted molar refractivity (Wildman–Crippen MR) is 73.0 cm³/mol. The van der Waals surface area contributed by atoms with E-state index in [1.165, 1.54) is 24.8 Å². The van der Waals surface area contributed by atoms with Crippen molar-refractivity contribution < 1.29 is 0 Å². The van der Waals surface area contributed by atoms with Crippen LogP contribution in [0.4, 0.5) is 0 Å². The average molecular weight is 237 g/mol. The molecule has 17 heavy (non-hydrogen) atoms. The van der Waals surface area contributed by atoms with Gasteiger partial charge < -0.3 is 5.32 Å². The molecule has 1 rings (SSSR count). The molecule has 1 heterocycles. The van der Waals surface area contributed by atoms with Crippen molar-refractivity contribution >= 4 is 0 Å². The largest absolute Gasteiger partial charge is 0.313 e. The summed E-state index contributed by atoms with van der Waals surface area (Å²) in [5, 5.41) is 7.99. The fourth-order valence-corrected chi connectivity index (χ4v) is 1.91. The Labute approximate surface area is 106 Å². The van der Waals surface area contributed by atoms with Gasteiger partial charge in [-0.05, 0) is 38.6 Å². The molecule has 0 spiro atoms. The minimum Gasteiger partial charge on any atom is -0.313 e. The molecule has 98 valence electrons. The highest BCUT2D eigenvalue weighted by Crippen LogP contribution is 2.09. The molecular formula is C14H27N3. The molecule has 0 amide bonds. The Hall–Kier alpha value is -0.830. The van der Waals surface area contributed by atoms with Crippen LogP contribution in [0.2, 0.25) is 0 Å². The van der Waals surface area contributed by atoms with Gasteiger partial charge in [-0.25, -0.2) is 0 Å². The maximum absolute atomic E-state index is 4.56. The highest BCUT2D eigenvalue weighted by Gasteiger charge is 2.04. The summed E-state index contributed by atoms with van der Waals surface area (Å²) in [7, 11) is 0. The molecule has 0 fully saturated rings. The van der Waals surface area contributed by atoms with Crippen LogP contribution in [0.25, 0.3) is 0 Å². The molecule has 1 N–H and O–H groups in total.